The second-order valence-corrected chi connectivity index (χ2v) is 7.62. The molecule has 2 aromatic rings. The van der Waals surface area contributed by atoms with Gasteiger partial charge in [0.2, 0.25) is 0 Å². The number of methoxy groups -OCH3 is 1. The molecule has 4 rings (SSSR count). The first-order chi connectivity index (χ1) is 14.0. The zero-order chi connectivity index (χ0) is 20.5. The molecule has 2 aliphatic rings. The summed E-state index contributed by atoms with van der Waals surface area (Å²) in [6.07, 6.45) is -0.206. The van der Waals surface area contributed by atoms with Gasteiger partial charge in [0, 0.05) is 26.2 Å². The van der Waals surface area contributed by atoms with Crippen LogP contribution in [-0.4, -0.2) is 61.6 Å². The summed E-state index contributed by atoms with van der Waals surface area (Å²) < 4.78 is 38.8. The number of rotatable bonds is 3. The number of hydrogen-bond donors (Lipinski definition) is 0. The van der Waals surface area contributed by atoms with Gasteiger partial charge in [-0.15, -0.1) is 0 Å². The summed E-state index contributed by atoms with van der Waals surface area (Å²) in [4.78, 5) is 16.7. The molecule has 8 heteroatoms. The molecular formula is C21H21ClF2N2O3. The predicted molar refractivity (Wildman–Crippen MR) is 104 cm³/mol. The normalized spacial score (nSPS) is 22.3. The number of nitrogens with zero attached hydrogens (tertiary/aromatic N) is 2. The van der Waals surface area contributed by atoms with E-state index in [-0.39, 0.29) is 34.4 Å². The molecule has 5 nitrogen and oxygen atoms in total. The highest BCUT2D eigenvalue weighted by Crippen LogP contribution is 2.30. The maximum atomic E-state index is 14.5. The van der Waals surface area contributed by atoms with Gasteiger partial charge in [-0.2, -0.15) is 0 Å². The van der Waals surface area contributed by atoms with E-state index in [1.165, 1.54) is 25.3 Å². The van der Waals surface area contributed by atoms with Gasteiger partial charge < -0.3 is 14.4 Å². The maximum absolute atomic E-state index is 14.5. The van der Waals surface area contributed by atoms with Crippen LogP contribution >= 0.6 is 11.6 Å². The van der Waals surface area contributed by atoms with E-state index in [4.69, 9.17) is 21.1 Å². The SMILES string of the molecule is COc1cccc(C(=O)N2CCN3C[C@@H](c4ccc(F)c(Cl)c4)OC[C@@H]3C2)c1F. The minimum absolute atomic E-state index is 0.00774. The summed E-state index contributed by atoms with van der Waals surface area (Å²) in [7, 11) is 1.37. The second-order valence-electron chi connectivity index (χ2n) is 7.22. The van der Waals surface area contributed by atoms with Gasteiger partial charge in [0.15, 0.2) is 11.6 Å². The van der Waals surface area contributed by atoms with Gasteiger partial charge in [-0.25, -0.2) is 8.78 Å². The Morgan fingerprint density at radius 2 is 2.03 bits per heavy atom. The van der Waals surface area contributed by atoms with Gasteiger partial charge in [-0.3, -0.25) is 9.69 Å². The average Bonchev–Trinajstić information content (AvgIpc) is 2.74. The summed E-state index contributed by atoms with van der Waals surface area (Å²) >= 11 is 5.89. The maximum Gasteiger partial charge on any atom is 0.257 e. The molecule has 0 spiro atoms. The van der Waals surface area contributed by atoms with Crippen LogP contribution in [-0.2, 0) is 4.74 Å². The summed E-state index contributed by atoms with van der Waals surface area (Å²) in [6.45, 7) is 2.64. The Morgan fingerprint density at radius 1 is 1.21 bits per heavy atom. The molecule has 0 radical (unpaired) electrons. The third-order valence-electron chi connectivity index (χ3n) is 5.51. The van der Waals surface area contributed by atoms with Crippen LogP contribution in [0.4, 0.5) is 8.78 Å². The highest BCUT2D eigenvalue weighted by molar-refractivity contribution is 6.30. The van der Waals surface area contributed by atoms with Crippen molar-refractivity contribution >= 4 is 17.5 Å². The van der Waals surface area contributed by atoms with Crippen molar-refractivity contribution in [2.75, 3.05) is 39.9 Å². The lowest BCUT2D eigenvalue weighted by molar-refractivity contribution is -0.0858. The average molecular weight is 423 g/mol. The van der Waals surface area contributed by atoms with Crippen molar-refractivity contribution < 1.29 is 23.0 Å². The van der Waals surface area contributed by atoms with E-state index in [0.29, 0.717) is 32.8 Å². The fraction of sp³-hybridized carbons (Fsp3) is 0.381. The number of morpholine rings is 1. The van der Waals surface area contributed by atoms with Crippen LogP contribution in [0.15, 0.2) is 36.4 Å². The molecule has 0 aromatic heterocycles. The molecule has 0 saturated carbocycles. The Hall–Kier alpha value is -2.22. The molecule has 0 unspecified atom stereocenters. The van der Waals surface area contributed by atoms with E-state index in [9.17, 15) is 13.6 Å². The predicted octanol–water partition coefficient (Wildman–Crippen LogP) is 3.52. The van der Waals surface area contributed by atoms with E-state index >= 15 is 0 Å². The van der Waals surface area contributed by atoms with Crippen molar-refractivity contribution in [1.82, 2.24) is 9.80 Å². The van der Waals surface area contributed by atoms with Crippen LogP contribution < -0.4 is 4.74 Å². The first-order valence-electron chi connectivity index (χ1n) is 9.40. The molecule has 2 aromatic carbocycles. The highest BCUT2D eigenvalue weighted by Gasteiger charge is 2.36. The van der Waals surface area contributed by atoms with Crippen LogP contribution in [0.25, 0.3) is 0 Å². The number of benzene rings is 2. The van der Waals surface area contributed by atoms with E-state index in [0.717, 1.165) is 5.56 Å². The third-order valence-corrected chi connectivity index (χ3v) is 5.80. The number of carbonyl (C=O) groups excluding carboxylic acids is 1. The second kappa shape index (κ2) is 8.26. The Morgan fingerprint density at radius 3 is 2.79 bits per heavy atom. The van der Waals surface area contributed by atoms with Crippen LogP contribution in [0, 0.1) is 11.6 Å². The smallest absolute Gasteiger partial charge is 0.257 e. The summed E-state index contributed by atoms with van der Waals surface area (Å²) in [6, 6.07) is 9.19. The summed E-state index contributed by atoms with van der Waals surface area (Å²) in [5.74, 6) is -1.40. The molecule has 0 bridgehead atoms. The molecule has 2 heterocycles. The van der Waals surface area contributed by atoms with Gasteiger partial charge in [0.1, 0.15) is 5.82 Å². The third kappa shape index (κ3) is 3.95. The number of ether oxygens (including phenoxy) is 2. The quantitative estimate of drug-likeness (QED) is 0.759. The van der Waals surface area contributed by atoms with Crippen LogP contribution in [0.2, 0.25) is 5.02 Å². The lowest BCUT2D eigenvalue weighted by atomic mass is 10.0. The molecule has 2 atom stereocenters. The minimum atomic E-state index is -0.643. The summed E-state index contributed by atoms with van der Waals surface area (Å²) in [5.41, 5.74) is 0.833. The minimum Gasteiger partial charge on any atom is -0.494 e. The monoisotopic (exact) mass is 422 g/mol. The van der Waals surface area contributed by atoms with Gasteiger partial charge in [-0.1, -0.05) is 23.7 Å². The summed E-state index contributed by atoms with van der Waals surface area (Å²) in [5, 5.41) is 0.0731. The highest BCUT2D eigenvalue weighted by atomic mass is 35.5. The van der Waals surface area contributed by atoms with Gasteiger partial charge >= 0.3 is 0 Å². The zero-order valence-corrected chi connectivity index (χ0v) is 16.7. The van der Waals surface area contributed by atoms with Crippen molar-refractivity contribution in [3.8, 4) is 5.75 Å². The molecule has 0 N–H and O–H groups in total. The topological polar surface area (TPSA) is 42.0 Å². The first kappa shape index (κ1) is 20.1. The van der Waals surface area contributed by atoms with Crippen molar-refractivity contribution in [3.05, 3.63) is 64.2 Å². The first-order valence-corrected chi connectivity index (χ1v) is 9.78. The standard InChI is InChI=1S/C21H21ClF2N2O3/c1-28-18-4-2-3-15(20(18)24)21(27)26-8-7-25-11-19(29-12-14(25)10-26)13-5-6-17(23)16(22)9-13/h2-6,9,14,19H,7-8,10-12H2,1H3/t14-,19-/m0/s1. The molecular weight excluding hydrogens is 402 g/mol. The zero-order valence-electron chi connectivity index (χ0n) is 15.9. The van der Waals surface area contributed by atoms with E-state index in [1.807, 2.05) is 0 Å². The van der Waals surface area contributed by atoms with E-state index in [2.05, 4.69) is 4.90 Å². The molecule has 2 fully saturated rings. The number of piperazine rings is 1. The molecule has 154 valence electrons. The van der Waals surface area contributed by atoms with E-state index in [1.54, 1.807) is 23.1 Å². The molecule has 2 saturated heterocycles. The Bertz CT molecular complexity index is 927. The van der Waals surface area contributed by atoms with Crippen molar-refractivity contribution in [1.29, 1.82) is 0 Å². The van der Waals surface area contributed by atoms with Crippen LogP contribution in [0.5, 0.6) is 5.75 Å². The van der Waals surface area contributed by atoms with Gasteiger partial charge in [0.05, 0.1) is 36.4 Å². The lowest BCUT2D eigenvalue weighted by Gasteiger charge is -2.46. The number of carbonyl (C=O) groups is 1. The molecule has 1 amide bonds. The Balaban J connectivity index is 1.43. The number of amides is 1. The van der Waals surface area contributed by atoms with Crippen LogP contribution in [0.1, 0.15) is 22.0 Å². The van der Waals surface area contributed by atoms with Crippen LogP contribution in [0.3, 0.4) is 0 Å². The molecule has 2 aliphatic heterocycles. The molecule has 0 aliphatic carbocycles. The fourth-order valence-corrected chi connectivity index (χ4v) is 4.08. The van der Waals surface area contributed by atoms with Crippen molar-refractivity contribution in [2.45, 2.75) is 12.1 Å². The Labute approximate surface area is 172 Å². The van der Waals surface area contributed by atoms with Crippen molar-refractivity contribution in [3.63, 3.8) is 0 Å². The fourth-order valence-electron chi connectivity index (χ4n) is 3.89. The number of halogens is 3. The number of hydrogen-bond acceptors (Lipinski definition) is 4. The van der Waals surface area contributed by atoms with Gasteiger partial charge in [-0.05, 0) is 29.8 Å². The molecule has 29 heavy (non-hydrogen) atoms. The number of fused-ring (bicyclic) bond motifs is 1. The lowest BCUT2D eigenvalue weighted by Crippen LogP contribution is -2.59. The Kier molecular flexibility index (Phi) is 5.72. The van der Waals surface area contributed by atoms with Crippen molar-refractivity contribution in [2.24, 2.45) is 0 Å². The van der Waals surface area contributed by atoms with Gasteiger partial charge in [0.25, 0.3) is 5.91 Å². The largest absolute Gasteiger partial charge is 0.494 e. The van der Waals surface area contributed by atoms with E-state index < -0.39 is 11.6 Å².